The van der Waals surface area contributed by atoms with E-state index in [-0.39, 0.29) is 17.7 Å². The normalized spacial score (nSPS) is 13.5. The molecule has 0 bridgehead atoms. The van der Waals surface area contributed by atoms with Crippen molar-refractivity contribution < 1.29 is 14.4 Å². The molecule has 3 aromatic carbocycles. The average Bonchev–Trinajstić information content (AvgIpc) is 2.81. The number of carbonyl (C=O) groups excluding carboxylic acids is 3. The second-order valence-electron chi connectivity index (χ2n) is 7.86. The number of anilines is 3. The maximum Gasteiger partial charge on any atom is 0.255 e. The van der Waals surface area contributed by atoms with Crippen molar-refractivity contribution in [1.29, 1.82) is 0 Å². The van der Waals surface area contributed by atoms with Gasteiger partial charge in [-0.2, -0.15) is 0 Å². The number of benzene rings is 3. The maximum absolute atomic E-state index is 12.9. The summed E-state index contributed by atoms with van der Waals surface area (Å²) in [5.41, 5.74) is 3.81. The van der Waals surface area contributed by atoms with Gasteiger partial charge in [0, 0.05) is 41.2 Å². The molecule has 4 rings (SSSR count). The van der Waals surface area contributed by atoms with Gasteiger partial charge in [-0.1, -0.05) is 30.3 Å². The van der Waals surface area contributed by atoms with Gasteiger partial charge in [0.25, 0.3) is 11.8 Å². The zero-order valence-electron chi connectivity index (χ0n) is 17.9. The van der Waals surface area contributed by atoms with Gasteiger partial charge in [-0.05, 0) is 67.8 Å². The Balaban J connectivity index is 1.49. The van der Waals surface area contributed by atoms with E-state index in [0.717, 1.165) is 24.1 Å². The molecule has 1 aliphatic heterocycles. The van der Waals surface area contributed by atoms with Crippen molar-refractivity contribution in [3.8, 4) is 0 Å². The minimum atomic E-state index is -0.290. The highest BCUT2D eigenvalue weighted by atomic mass is 16.2. The summed E-state index contributed by atoms with van der Waals surface area (Å²) in [6.07, 6.45) is 2.45. The summed E-state index contributed by atoms with van der Waals surface area (Å²) in [5.74, 6) is -0.412. The van der Waals surface area contributed by atoms with E-state index in [1.54, 1.807) is 53.4 Å². The summed E-state index contributed by atoms with van der Waals surface area (Å²) in [7, 11) is 0. The third kappa shape index (κ3) is 4.86. The lowest BCUT2D eigenvalue weighted by Gasteiger charge is -2.27. The van der Waals surface area contributed by atoms with Crippen molar-refractivity contribution in [1.82, 2.24) is 0 Å². The first-order chi connectivity index (χ1) is 15.5. The van der Waals surface area contributed by atoms with E-state index in [1.807, 2.05) is 31.2 Å². The van der Waals surface area contributed by atoms with Crippen LogP contribution in [-0.2, 0) is 4.79 Å². The lowest BCUT2D eigenvalue weighted by Crippen LogP contribution is -2.35. The van der Waals surface area contributed by atoms with Gasteiger partial charge in [0.15, 0.2) is 0 Å². The van der Waals surface area contributed by atoms with Crippen LogP contribution in [0.4, 0.5) is 17.1 Å². The fraction of sp³-hybridized carbons (Fsp3) is 0.192. The fourth-order valence-electron chi connectivity index (χ4n) is 3.72. The van der Waals surface area contributed by atoms with E-state index < -0.39 is 0 Å². The van der Waals surface area contributed by atoms with Crippen LogP contribution in [0.1, 0.15) is 45.5 Å². The minimum Gasteiger partial charge on any atom is -0.322 e. The maximum atomic E-state index is 12.9. The summed E-state index contributed by atoms with van der Waals surface area (Å²) in [6, 6.07) is 21.4. The van der Waals surface area contributed by atoms with Gasteiger partial charge in [0.05, 0.1) is 0 Å². The molecule has 0 atom stereocenters. The van der Waals surface area contributed by atoms with Gasteiger partial charge in [-0.25, -0.2) is 0 Å². The molecule has 6 heteroatoms. The summed E-state index contributed by atoms with van der Waals surface area (Å²) < 4.78 is 0. The van der Waals surface area contributed by atoms with E-state index >= 15 is 0 Å². The largest absolute Gasteiger partial charge is 0.322 e. The lowest BCUT2D eigenvalue weighted by atomic mass is 10.1. The molecule has 3 amide bonds. The number of hydrogen-bond donors (Lipinski definition) is 2. The molecule has 162 valence electrons. The van der Waals surface area contributed by atoms with Crippen LogP contribution < -0.4 is 15.5 Å². The Morgan fingerprint density at radius 1 is 0.812 bits per heavy atom. The molecule has 2 N–H and O–H groups in total. The van der Waals surface area contributed by atoms with E-state index in [9.17, 15) is 14.4 Å². The highest BCUT2D eigenvalue weighted by Gasteiger charge is 2.20. The smallest absolute Gasteiger partial charge is 0.255 e. The lowest BCUT2D eigenvalue weighted by molar-refractivity contribution is -0.119. The number of nitrogens with zero attached hydrogens (tertiary/aromatic N) is 1. The first-order valence-corrected chi connectivity index (χ1v) is 10.7. The predicted molar refractivity (Wildman–Crippen MR) is 126 cm³/mol. The predicted octanol–water partition coefficient (Wildman–Crippen LogP) is 5.02. The van der Waals surface area contributed by atoms with Crippen molar-refractivity contribution in [2.75, 3.05) is 22.1 Å². The van der Waals surface area contributed by atoms with Crippen molar-refractivity contribution in [2.24, 2.45) is 0 Å². The van der Waals surface area contributed by atoms with Gasteiger partial charge in [-0.15, -0.1) is 0 Å². The van der Waals surface area contributed by atoms with Crippen molar-refractivity contribution in [2.45, 2.75) is 26.2 Å². The summed E-state index contributed by atoms with van der Waals surface area (Å²) in [4.78, 5) is 39.4. The van der Waals surface area contributed by atoms with Crippen molar-refractivity contribution >= 4 is 34.8 Å². The fourth-order valence-corrected chi connectivity index (χ4v) is 3.72. The van der Waals surface area contributed by atoms with Crippen LogP contribution in [0.5, 0.6) is 0 Å². The molecule has 0 aromatic heterocycles. The Morgan fingerprint density at radius 3 is 2.38 bits per heavy atom. The number of piperidine rings is 1. The average molecular weight is 428 g/mol. The quantitative estimate of drug-likeness (QED) is 0.600. The van der Waals surface area contributed by atoms with E-state index in [1.165, 1.54) is 0 Å². The summed E-state index contributed by atoms with van der Waals surface area (Å²) in [6.45, 7) is 2.57. The molecule has 1 saturated heterocycles. The van der Waals surface area contributed by atoms with Gasteiger partial charge in [0.1, 0.15) is 0 Å². The van der Waals surface area contributed by atoms with Gasteiger partial charge >= 0.3 is 0 Å². The molecule has 0 spiro atoms. The first-order valence-electron chi connectivity index (χ1n) is 10.7. The second kappa shape index (κ2) is 9.47. The third-order valence-corrected chi connectivity index (χ3v) is 5.52. The Hall–Kier alpha value is -3.93. The monoisotopic (exact) mass is 427 g/mol. The number of hydrogen-bond acceptors (Lipinski definition) is 3. The van der Waals surface area contributed by atoms with E-state index in [4.69, 9.17) is 0 Å². The van der Waals surface area contributed by atoms with Gasteiger partial charge in [0.2, 0.25) is 5.91 Å². The van der Waals surface area contributed by atoms with Crippen LogP contribution in [0.2, 0.25) is 0 Å². The van der Waals surface area contributed by atoms with Crippen molar-refractivity contribution in [3.05, 3.63) is 89.5 Å². The number of rotatable bonds is 5. The second-order valence-corrected chi connectivity index (χ2v) is 7.86. The van der Waals surface area contributed by atoms with E-state index in [2.05, 4.69) is 10.6 Å². The topological polar surface area (TPSA) is 78.5 Å². The number of aryl methyl sites for hydroxylation is 1. The first kappa shape index (κ1) is 21.3. The van der Waals surface area contributed by atoms with Gasteiger partial charge < -0.3 is 15.5 Å². The van der Waals surface area contributed by atoms with Crippen LogP contribution in [0.3, 0.4) is 0 Å². The number of nitrogens with one attached hydrogen (secondary N) is 2. The van der Waals surface area contributed by atoms with Crippen LogP contribution in [0.15, 0.2) is 72.8 Å². The molecule has 1 aliphatic rings. The standard InChI is InChI=1S/C26H25N3O3/c1-18-13-14-20(16-23(18)28-25(31)19-8-3-2-4-9-19)26(32)27-21-10-7-11-22(17-21)29-15-6-5-12-24(29)30/h2-4,7-11,13-14,16-17H,5-6,12,15H2,1H3,(H,27,32)(H,28,31). The Kier molecular flexibility index (Phi) is 6.31. The molecule has 3 aromatic rings. The number of amides is 3. The highest BCUT2D eigenvalue weighted by Crippen LogP contribution is 2.25. The molecule has 0 saturated carbocycles. The Labute approximate surface area is 187 Å². The molecule has 6 nitrogen and oxygen atoms in total. The Morgan fingerprint density at radius 2 is 1.59 bits per heavy atom. The van der Waals surface area contributed by atoms with Crippen LogP contribution >= 0.6 is 0 Å². The summed E-state index contributed by atoms with van der Waals surface area (Å²) in [5, 5.41) is 5.77. The zero-order chi connectivity index (χ0) is 22.5. The summed E-state index contributed by atoms with van der Waals surface area (Å²) >= 11 is 0. The third-order valence-electron chi connectivity index (χ3n) is 5.52. The Bertz CT molecular complexity index is 1160. The van der Waals surface area contributed by atoms with Crippen LogP contribution in [0.25, 0.3) is 0 Å². The van der Waals surface area contributed by atoms with E-state index in [0.29, 0.717) is 35.5 Å². The molecule has 0 radical (unpaired) electrons. The zero-order valence-corrected chi connectivity index (χ0v) is 17.9. The minimum absolute atomic E-state index is 0.108. The molecule has 0 aliphatic carbocycles. The number of carbonyl (C=O) groups is 3. The molecular formula is C26H25N3O3. The SMILES string of the molecule is Cc1ccc(C(=O)Nc2cccc(N3CCCCC3=O)c2)cc1NC(=O)c1ccccc1. The molecule has 0 unspecified atom stereocenters. The molecule has 32 heavy (non-hydrogen) atoms. The van der Waals surface area contributed by atoms with Crippen molar-refractivity contribution in [3.63, 3.8) is 0 Å². The highest BCUT2D eigenvalue weighted by molar-refractivity contribution is 6.08. The van der Waals surface area contributed by atoms with Gasteiger partial charge in [-0.3, -0.25) is 14.4 Å². The molecule has 1 heterocycles. The molecular weight excluding hydrogens is 402 g/mol. The van der Waals surface area contributed by atoms with Crippen LogP contribution in [0, 0.1) is 6.92 Å². The van der Waals surface area contributed by atoms with Crippen LogP contribution in [-0.4, -0.2) is 24.3 Å². The molecule has 1 fully saturated rings.